The highest BCUT2D eigenvalue weighted by Gasteiger charge is 2.23. The summed E-state index contributed by atoms with van der Waals surface area (Å²) in [6.07, 6.45) is 0. The van der Waals surface area contributed by atoms with E-state index in [9.17, 15) is 16.8 Å². The van der Waals surface area contributed by atoms with Gasteiger partial charge in [-0.25, -0.2) is 0 Å². The summed E-state index contributed by atoms with van der Waals surface area (Å²) in [6.45, 7) is 0. The molecule has 1 aromatic rings. The lowest BCUT2D eigenvalue weighted by Crippen LogP contribution is -2.03. The van der Waals surface area contributed by atoms with E-state index in [0.717, 1.165) is 0 Å². The molecule has 6 N–H and O–H groups in total. The van der Waals surface area contributed by atoms with Gasteiger partial charge in [-0.2, -0.15) is 16.8 Å². The van der Waals surface area contributed by atoms with Crippen molar-refractivity contribution in [3.05, 3.63) is 12.1 Å². The second-order valence-corrected chi connectivity index (χ2v) is 5.55. The van der Waals surface area contributed by atoms with Crippen molar-refractivity contribution < 1.29 is 41.6 Å². The van der Waals surface area contributed by atoms with Crippen LogP contribution in [0.25, 0.3) is 0 Å². The van der Waals surface area contributed by atoms with Gasteiger partial charge in [0.25, 0.3) is 20.2 Å². The second kappa shape index (κ2) is 4.46. The van der Waals surface area contributed by atoms with Crippen molar-refractivity contribution in [1.29, 1.82) is 0 Å². The molecule has 11 heteroatoms. The van der Waals surface area contributed by atoms with Crippen LogP contribution in [0.2, 0.25) is 0 Å². The zero-order valence-corrected chi connectivity index (χ0v) is 9.53. The Hall–Kier alpha value is -1.40. The van der Waals surface area contributed by atoms with E-state index in [0.29, 0.717) is 12.1 Å². The van der Waals surface area contributed by atoms with Crippen LogP contribution in [0.5, 0.6) is 11.5 Å². The Labute approximate surface area is 95.8 Å². The van der Waals surface area contributed by atoms with E-state index < -0.39 is 41.5 Å². The van der Waals surface area contributed by atoms with E-state index in [1.165, 1.54) is 0 Å². The predicted molar refractivity (Wildman–Crippen MR) is 53.0 cm³/mol. The van der Waals surface area contributed by atoms with Gasteiger partial charge in [0.2, 0.25) is 0 Å². The average molecular weight is 288 g/mol. The Balaban J connectivity index is 0.00000256. The molecule has 0 aliphatic carbocycles. The molecule has 17 heavy (non-hydrogen) atoms. The van der Waals surface area contributed by atoms with E-state index in [4.69, 9.17) is 19.3 Å². The maximum absolute atomic E-state index is 10.7. The summed E-state index contributed by atoms with van der Waals surface area (Å²) in [5.74, 6) is -2.32. The lowest BCUT2D eigenvalue weighted by molar-refractivity contribution is 0.386. The fraction of sp³-hybridized carbons (Fsp3) is 0. The quantitative estimate of drug-likeness (QED) is 0.385. The first-order valence-electron chi connectivity index (χ1n) is 3.54. The summed E-state index contributed by atoms with van der Waals surface area (Å²) in [4.78, 5) is -2.20. The van der Waals surface area contributed by atoms with Crippen LogP contribution in [0.1, 0.15) is 0 Å². The number of aromatic hydroxyl groups is 2. The van der Waals surface area contributed by atoms with Crippen LogP contribution >= 0.6 is 0 Å². The highest BCUT2D eigenvalue weighted by Crippen LogP contribution is 2.34. The molecular weight excluding hydrogens is 280 g/mol. The predicted octanol–water partition coefficient (Wildman–Crippen LogP) is -1.23. The van der Waals surface area contributed by atoms with E-state index in [1.54, 1.807) is 0 Å². The molecule has 0 saturated heterocycles. The van der Waals surface area contributed by atoms with Gasteiger partial charge in [0.15, 0.2) is 11.5 Å². The van der Waals surface area contributed by atoms with E-state index >= 15 is 0 Å². The molecule has 98 valence electrons. The van der Waals surface area contributed by atoms with Crippen LogP contribution in [-0.4, -0.2) is 41.6 Å². The van der Waals surface area contributed by atoms with Crippen molar-refractivity contribution in [3.8, 4) is 11.5 Å². The molecule has 0 spiro atoms. The number of phenols is 2. The maximum atomic E-state index is 10.7. The van der Waals surface area contributed by atoms with Crippen LogP contribution in [-0.2, 0) is 20.2 Å². The van der Waals surface area contributed by atoms with E-state index in [2.05, 4.69) is 0 Å². The summed E-state index contributed by atoms with van der Waals surface area (Å²) in [5.41, 5.74) is 0. The molecule has 0 amide bonds. The lowest BCUT2D eigenvalue weighted by atomic mass is 10.3. The molecule has 0 radical (unpaired) electrons. The van der Waals surface area contributed by atoms with Crippen LogP contribution in [0.3, 0.4) is 0 Å². The normalized spacial score (nSPS) is 11.9. The third-order valence-corrected chi connectivity index (χ3v) is 3.30. The SMILES string of the molecule is O.O=S(=O)(O)c1cc(O)c(O)c(S(=O)(=O)O)c1. The van der Waals surface area contributed by atoms with Gasteiger partial charge in [-0.15, -0.1) is 0 Å². The number of hydrogen-bond acceptors (Lipinski definition) is 6. The van der Waals surface area contributed by atoms with Crippen LogP contribution in [0.4, 0.5) is 0 Å². The van der Waals surface area contributed by atoms with Crippen molar-refractivity contribution in [3.63, 3.8) is 0 Å². The minimum Gasteiger partial charge on any atom is -0.504 e. The van der Waals surface area contributed by atoms with Crippen LogP contribution in [0, 0.1) is 0 Å². The first-order valence-corrected chi connectivity index (χ1v) is 6.42. The number of rotatable bonds is 2. The number of hydrogen-bond donors (Lipinski definition) is 4. The van der Waals surface area contributed by atoms with Gasteiger partial charge >= 0.3 is 0 Å². The van der Waals surface area contributed by atoms with Crippen LogP contribution < -0.4 is 0 Å². The Morgan fingerprint density at radius 3 is 1.71 bits per heavy atom. The van der Waals surface area contributed by atoms with Crippen molar-refractivity contribution >= 4 is 20.2 Å². The fourth-order valence-corrected chi connectivity index (χ4v) is 2.14. The molecule has 0 saturated carbocycles. The van der Waals surface area contributed by atoms with Crippen LogP contribution in [0.15, 0.2) is 21.9 Å². The van der Waals surface area contributed by atoms with Crippen molar-refractivity contribution in [2.24, 2.45) is 0 Å². The minimum absolute atomic E-state index is 0. The molecule has 0 fully saturated rings. The molecule has 0 heterocycles. The second-order valence-electron chi connectivity index (χ2n) is 2.74. The highest BCUT2D eigenvalue weighted by molar-refractivity contribution is 7.86. The fourth-order valence-electron chi connectivity index (χ4n) is 0.914. The van der Waals surface area contributed by atoms with Gasteiger partial charge in [-0.05, 0) is 6.07 Å². The molecule has 1 rings (SSSR count). The monoisotopic (exact) mass is 288 g/mol. The Morgan fingerprint density at radius 2 is 1.35 bits per heavy atom. The summed E-state index contributed by atoms with van der Waals surface area (Å²) < 4.78 is 59.9. The molecule has 1 aromatic carbocycles. The maximum Gasteiger partial charge on any atom is 0.298 e. The van der Waals surface area contributed by atoms with Crippen molar-refractivity contribution in [1.82, 2.24) is 0 Å². The van der Waals surface area contributed by atoms with Gasteiger partial charge in [0, 0.05) is 6.07 Å². The lowest BCUT2D eigenvalue weighted by Gasteiger charge is -2.05. The van der Waals surface area contributed by atoms with Gasteiger partial charge in [0.1, 0.15) is 4.90 Å². The Bertz CT molecular complexity index is 628. The molecule has 0 unspecified atom stereocenters. The zero-order chi connectivity index (χ0) is 12.7. The topological polar surface area (TPSA) is 181 Å². The summed E-state index contributed by atoms with van der Waals surface area (Å²) in [6, 6.07) is 0.735. The molecule has 0 aromatic heterocycles. The summed E-state index contributed by atoms with van der Waals surface area (Å²) in [5, 5.41) is 18.1. The van der Waals surface area contributed by atoms with Crippen molar-refractivity contribution in [2.45, 2.75) is 9.79 Å². The first kappa shape index (κ1) is 15.6. The molecule has 0 aliphatic heterocycles. The highest BCUT2D eigenvalue weighted by atomic mass is 32.2. The third-order valence-electron chi connectivity index (χ3n) is 1.60. The molecule has 9 nitrogen and oxygen atoms in total. The van der Waals surface area contributed by atoms with Gasteiger partial charge in [-0.1, -0.05) is 0 Å². The minimum atomic E-state index is -4.92. The molecule has 0 bridgehead atoms. The Kier molecular flexibility index (Phi) is 4.09. The standard InChI is InChI=1S/C6H6O8S2.H2O/c7-4-1-3(15(9,10)11)2-5(6(4)8)16(12,13)14;/h1-2,7-8H,(H,9,10,11)(H,12,13,14);1H2. The van der Waals surface area contributed by atoms with Gasteiger partial charge < -0.3 is 15.7 Å². The van der Waals surface area contributed by atoms with Gasteiger partial charge in [0.05, 0.1) is 4.90 Å². The zero-order valence-electron chi connectivity index (χ0n) is 7.89. The third kappa shape index (κ3) is 3.28. The van der Waals surface area contributed by atoms with E-state index in [-0.39, 0.29) is 5.48 Å². The first-order chi connectivity index (χ1) is 7.03. The Morgan fingerprint density at radius 1 is 0.882 bits per heavy atom. The van der Waals surface area contributed by atoms with E-state index in [1.807, 2.05) is 0 Å². The summed E-state index contributed by atoms with van der Waals surface area (Å²) >= 11 is 0. The largest absolute Gasteiger partial charge is 0.504 e. The molecule has 0 aliphatic rings. The van der Waals surface area contributed by atoms with Gasteiger partial charge in [-0.3, -0.25) is 9.11 Å². The molecule has 0 atom stereocenters. The van der Waals surface area contributed by atoms with Crippen molar-refractivity contribution in [2.75, 3.05) is 0 Å². The number of phenolic OH excluding ortho intramolecular Hbond substituents is 2. The molecular formula is C6H8O9S2. The summed E-state index contributed by atoms with van der Waals surface area (Å²) in [7, 11) is -9.70. The average Bonchev–Trinajstić information content (AvgIpc) is 2.05. The smallest absolute Gasteiger partial charge is 0.298 e. The number of benzene rings is 1.